The Morgan fingerprint density at radius 1 is 1.14 bits per heavy atom. The summed E-state index contributed by atoms with van der Waals surface area (Å²) in [6.07, 6.45) is 0. The normalized spacial score (nSPS) is 10.2. The maximum absolute atomic E-state index is 12.0. The number of benzene rings is 2. The Morgan fingerprint density at radius 2 is 1.86 bits per heavy atom. The van der Waals surface area contributed by atoms with E-state index in [1.165, 1.54) is 0 Å². The lowest BCUT2D eigenvalue weighted by Crippen LogP contribution is -2.20. The zero-order valence-corrected chi connectivity index (χ0v) is 13.5. The number of aryl methyl sites for hydroxylation is 2. The summed E-state index contributed by atoms with van der Waals surface area (Å²) in [4.78, 5) is 12.0. The first-order chi connectivity index (χ1) is 10.5. The second-order valence-corrected chi connectivity index (χ2v) is 5.39. The Morgan fingerprint density at radius 3 is 2.55 bits per heavy atom. The van der Waals surface area contributed by atoms with Crippen molar-refractivity contribution < 1.29 is 14.3 Å². The van der Waals surface area contributed by atoms with Crippen molar-refractivity contribution in [3.63, 3.8) is 0 Å². The molecule has 2 rings (SSSR count). The predicted octanol–water partition coefficient (Wildman–Crippen LogP) is 3.98. The number of halogens is 1. The molecule has 2 aromatic carbocycles. The first-order valence-electron chi connectivity index (χ1n) is 6.83. The maximum atomic E-state index is 12.0. The van der Waals surface area contributed by atoms with Crippen LogP contribution in [0.15, 0.2) is 36.4 Å². The Kier molecular flexibility index (Phi) is 5.28. The molecule has 0 aliphatic carbocycles. The van der Waals surface area contributed by atoms with E-state index in [1.54, 1.807) is 25.3 Å². The summed E-state index contributed by atoms with van der Waals surface area (Å²) in [5.41, 5.74) is 2.54. The van der Waals surface area contributed by atoms with Crippen LogP contribution >= 0.6 is 11.6 Å². The third-order valence-electron chi connectivity index (χ3n) is 3.12. The van der Waals surface area contributed by atoms with Crippen molar-refractivity contribution in [1.29, 1.82) is 0 Å². The van der Waals surface area contributed by atoms with E-state index in [4.69, 9.17) is 21.1 Å². The summed E-state index contributed by atoms with van der Waals surface area (Å²) in [6, 6.07) is 10.9. The number of anilines is 1. The number of methoxy groups -OCH3 is 1. The van der Waals surface area contributed by atoms with Crippen molar-refractivity contribution in [2.45, 2.75) is 13.8 Å². The largest absolute Gasteiger partial charge is 0.495 e. The highest BCUT2D eigenvalue weighted by atomic mass is 35.5. The Balaban J connectivity index is 2.00. The van der Waals surface area contributed by atoms with Crippen molar-refractivity contribution in [3.05, 3.63) is 52.5 Å². The quantitative estimate of drug-likeness (QED) is 0.906. The van der Waals surface area contributed by atoms with Crippen LogP contribution in [-0.2, 0) is 4.79 Å². The van der Waals surface area contributed by atoms with Crippen LogP contribution in [0, 0.1) is 13.8 Å². The molecule has 0 saturated heterocycles. The zero-order chi connectivity index (χ0) is 16.1. The summed E-state index contributed by atoms with van der Waals surface area (Å²) >= 11 is 5.89. The number of rotatable bonds is 5. The van der Waals surface area contributed by atoms with Gasteiger partial charge in [0.05, 0.1) is 12.8 Å². The molecule has 0 saturated carbocycles. The van der Waals surface area contributed by atoms with Crippen LogP contribution in [-0.4, -0.2) is 19.6 Å². The second-order valence-electron chi connectivity index (χ2n) is 4.95. The number of nitrogens with one attached hydrogen (secondary N) is 1. The third kappa shape index (κ3) is 4.15. The molecule has 4 nitrogen and oxygen atoms in total. The average Bonchev–Trinajstić information content (AvgIpc) is 2.46. The maximum Gasteiger partial charge on any atom is 0.262 e. The summed E-state index contributed by atoms with van der Waals surface area (Å²) in [6.45, 7) is 3.74. The topological polar surface area (TPSA) is 47.6 Å². The fraction of sp³-hybridized carbons (Fsp3) is 0.235. The van der Waals surface area contributed by atoms with Crippen molar-refractivity contribution >= 4 is 23.2 Å². The lowest BCUT2D eigenvalue weighted by Gasteiger charge is -2.12. The van der Waals surface area contributed by atoms with Gasteiger partial charge in [0.1, 0.15) is 11.5 Å². The zero-order valence-electron chi connectivity index (χ0n) is 12.8. The minimum absolute atomic E-state index is 0.0838. The molecule has 0 aromatic heterocycles. The van der Waals surface area contributed by atoms with E-state index in [2.05, 4.69) is 5.32 Å². The Bertz CT molecular complexity index is 686. The van der Waals surface area contributed by atoms with Crippen molar-refractivity contribution in [1.82, 2.24) is 0 Å². The molecule has 0 bridgehead atoms. The van der Waals surface area contributed by atoms with Crippen molar-refractivity contribution in [2.24, 2.45) is 0 Å². The summed E-state index contributed by atoms with van der Waals surface area (Å²) < 4.78 is 10.7. The molecule has 0 unspecified atom stereocenters. The van der Waals surface area contributed by atoms with E-state index in [9.17, 15) is 4.79 Å². The van der Waals surface area contributed by atoms with Gasteiger partial charge in [0.2, 0.25) is 0 Å². The molecule has 0 radical (unpaired) electrons. The molecular weight excluding hydrogens is 302 g/mol. The smallest absolute Gasteiger partial charge is 0.262 e. The molecule has 1 amide bonds. The van der Waals surface area contributed by atoms with Gasteiger partial charge in [0, 0.05) is 5.02 Å². The molecule has 0 aliphatic heterocycles. The van der Waals surface area contributed by atoms with Gasteiger partial charge in [-0.3, -0.25) is 4.79 Å². The molecule has 5 heteroatoms. The third-order valence-corrected chi connectivity index (χ3v) is 3.36. The number of ether oxygens (including phenoxy) is 2. The second kappa shape index (κ2) is 7.18. The first-order valence-corrected chi connectivity index (χ1v) is 7.21. The number of carbonyl (C=O) groups is 1. The molecule has 0 aliphatic rings. The van der Waals surface area contributed by atoms with Gasteiger partial charge in [-0.05, 0) is 55.3 Å². The van der Waals surface area contributed by atoms with Gasteiger partial charge in [0.15, 0.2) is 6.61 Å². The van der Waals surface area contributed by atoms with Gasteiger partial charge in [0.25, 0.3) is 5.91 Å². The van der Waals surface area contributed by atoms with Gasteiger partial charge >= 0.3 is 0 Å². The molecular formula is C17H18ClNO3. The average molecular weight is 320 g/mol. The van der Waals surface area contributed by atoms with Gasteiger partial charge < -0.3 is 14.8 Å². The monoisotopic (exact) mass is 319 g/mol. The number of hydrogen-bond acceptors (Lipinski definition) is 3. The molecule has 0 fully saturated rings. The molecule has 1 N–H and O–H groups in total. The highest BCUT2D eigenvalue weighted by Crippen LogP contribution is 2.25. The highest BCUT2D eigenvalue weighted by Gasteiger charge is 2.09. The fourth-order valence-electron chi connectivity index (χ4n) is 2.02. The van der Waals surface area contributed by atoms with E-state index in [-0.39, 0.29) is 12.5 Å². The van der Waals surface area contributed by atoms with E-state index < -0.39 is 0 Å². The van der Waals surface area contributed by atoms with Crippen LogP contribution < -0.4 is 14.8 Å². The SMILES string of the molecule is COc1ccc(C)cc1NC(=O)COc1ccc(Cl)cc1C. The van der Waals surface area contributed by atoms with Crippen LogP contribution in [0.2, 0.25) is 5.02 Å². The standard InChI is InChI=1S/C17H18ClNO3/c1-11-4-6-16(21-3)14(8-11)19-17(20)10-22-15-7-5-13(18)9-12(15)2/h4-9H,10H2,1-3H3,(H,19,20). The van der Waals surface area contributed by atoms with Gasteiger partial charge in [-0.15, -0.1) is 0 Å². The predicted molar refractivity (Wildman–Crippen MR) is 88.0 cm³/mol. The van der Waals surface area contributed by atoms with Gasteiger partial charge in [-0.25, -0.2) is 0 Å². The highest BCUT2D eigenvalue weighted by molar-refractivity contribution is 6.30. The summed E-state index contributed by atoms with van der Waals surface area (Å²) in [5, 5.41) is 3.43. The fourth-order valence-corrected chi connectivity index (χ4v) is 2.25. The molecule has 2 aromatic rings. The van der Waals surface area contributed by atoms with Crippen molar-refractivity contribution in [3.8, 4) is 11.5 Å². The molecule has 22 heavy (non-hydrogen) atoms. The summed E-state index contributed by atoms with van der Waals surface area (Å²) in [5.74, 6) is 0.996. The van der Waals surface area contributed by atoms with Crippen LogP contribution in [0.4, 0.5) is 5.69 Å². The lowest BCUT2D eigenvalue weighted by atomic mass is 10.2. The lowest BCUT2D eigenvalue weighted by molar-refractivity contribution is -0.118. The van der Waals surface area contributed by atoms with E-state index in [1.807, 2.05) is 32.0 Å². The number of amides is 1. The van der Waals surface area contributed by atoms with Crippen molar-refractivity contribution in [2.75, 3.05) is 19.0 Å². The van der Waals surface area contributed by atoms with Crippen LogP contribution in [0.25, 0.3) is 0 Å². The summed E-state index contributed by atoms with van der Waals surface area (Å²) in [7, 11) is 1.56. The molecule has 116 valence electrons. The van der Waals surface area contributed by atoms with Gasteiger partial charge in [-0.2, -0.15) is 0 Å². The minimum atomic E-state index is -0.252. The molecule has 0 heterocycles. The van der Waals surface area contributed by atoms with E-state index >= 15 is 0 Å². The van der Waals surface area contributed by atoms with E-state index in [0.29, 0.717) is 22.2 Å². The van der Waals surface area contributed by atoms with Crippen LogP contribution in [0.5, 0.6) is 11.5 Å². The molecule has 0 spiro atoms. The van der Waals surface area contributed by atoms with Gasteiger partial charge in [-0.1, -0.05) is 17.7 Å². The minimum Gasteiger partial charge on any atom is -0.495 e. The van der Waals surface area contributed by atoms with Crippen LogP contribution in [0.1, 0.15) is 11.1 Å². The first kappa shape index (κ1) is 16.2. The van der Waals surface area contributed by atoms with E-state index in [0.717, 1.165) is 11.1 Å². The van der Waals surface area contributed by atoms with Crippen LogP contribution in [0.3, 0.4) is 0 Å². The Hall–Kier alpha value is -2.20. The molecule has 0 atom stereocenters. The number of carbonyl (C=O) groups excluding carboxylic acids is 1. The Labute approximate surface area is 135 Å². The number of hydrogen-bond donors (Lipinski definition) is 1.